The molecule has 0 heterocycles. The third kappa shape index (κ3) is 5.07. The summed E-state index contributed by atoms with van der Waals surface area (Å²) in [4.78, 5) is 11.8. The Morgan fingerprint density at radius 3 is 2.50 bits per heavy atom. The Balaban J connectivity index is 2.32. The highest BCUT2D eigenvalue weighted by Gasteiger charge is 2.36. The highest BCUT2D eigenvalue weighted by molar-refractivity contribution is 7.90. The molecule has 1 fully saturated rings. The van der Waals surface area contributed by atoms with E-state index in [9.17, 15) is 13.2 Å². The molecule has 1 atom stereocenters. The molecule has 1 unspecified atom stereocenters. The maximum absolute atomic E-state index is 11.8. The Kier molecular flexibility index (Phi) is 4.92. The van der Waals surface area contributed by atoms with Crippen LogP contribution in [-0.2, 0) is 19.4 Å². The molecule has 0 radical (unpaired) electrons. The van der Waals surface area contributed by atoms with Crippen LogP contribution in [0.4, 0.5) is 0 Å². The molecule has 0 aromatic carbocycles. The average Bonchev–Trinajstić information content (AvgIpc) is 2.95. The minimum absolute atomic E-state index is 0.0630. The third-order valence-electron chi connectivity index (χ3n) is 2.65. The zero-order valence-electron chi connectivity index (χ0n) is 9.94. The number of ketones is 1. The van der Waals surface area contributed by atoms with Gasteiger partial charge in [0.05, 0.1) is 5.75 Å². The van der Waals surface area contributed by atoms with Crippen LogP contribution in [0.5, 0.6) is 0 Å². The lowest BCUT2D eigenvalue weighted by Gasteiger charge is -2.14. The maximum Gasteiger partial charge on any atom is 0.161 e. The molecule has 1 aliphatic carbocycles. The molecule has 0 bridgehead atoms. The van der Waals surface area contributed by atoms with E-state index in [1.807, 2.05) is 6.92 Å². The fourth-order valence-electron chi connectivity index (χ4n) is 1.72. The highest BCUT2D eigenvalue weighted by atomic mass is 32.2. The normalized spacial score (nSPS) is 18.4. The number of rotatable bonds is 8. The summed E-state index contributed by atoms with van der Waals surface area (Å²) in [6, 6.07) is 0. The van der Waals surface area contributed by atoms with Gasteiger partial charge >= 0.3 is 0 Å². The van der Waals surface area contributed by atoms with Crippen LogP contribution in [0, 0.1) is 5.92 Å². The first-order valence-electron chi connectivity index (χ1n) is 5.76. The predicted molar refractivity (Wildman–Crippen MR) is 62.1 cm³/mol. The van der Waals surface area contributed by atoms with Gasteiger partial charge in [0.15, 0.2) is 5.78 Å². The van der Waals surface area contributed by atoms with Gasteiger partial charge in [-0.3, -0.25) is 4.79 Å². The summed E-state index contributed by atoms with van der Waals surface area (Å²) in [7, 11) is -2.96. The van der Waals surface area contributed by atoms with Crippen LogP contribution in [0.25, 0.3) is 0 Å². The summed E-state index contributed by atoms with van der Waals surface area (Å²) in [5.41, 5.74) is 0. The Morgan fingerprint density at radius 2 is 2.06 bits per heavy atom. The van der Waals surface area contributed by atoms with Crippen molar-refractivity contribution >= 4 is 15.6 Å². The molecule has 1 rings (SSSR count). The number of sulfone groups is 1. The van der Waals surface area contributed by atoms with Crippen molar-refractivity contribution in [1.29, 1.82) is 0 Å². The van der Waals surface area contributed by atoms with Crippen molar-refractivity contribution in [3.63, 3.8) is 0 Å². The van der Waals surface area contributed by atoms with Gasteiger partial charge in [-0.15, -0.1) is 0 Å². The van der Waals surface area contributed by atoms with Gasteiger partial charge in [-0.05, 0) is 32.1 Å². The summed E-state index contributed by atoms with van der Waals surface area (Å²) >= 11 is 0. The molecule has 1 aliphatic rings. The van der Waals surface area contributed by atoms with Gasteiger partial charge in [0, 0.05) is 19.3 Å². The third-order valence-corrected chi connectivity index (χ3v) is 3.68. The molecule has 1 saturated carbocycles. The Hall–Kier alpha value is -0.420. The molecular formula is C11H20O4S. The molecule has 0 amide bonds. The lowest BCUT2D eigenvalue weighted by atomic mass is 10.1. The number of ether oxygens (including phenoxy) is 1. The molecule has 5 heteroatoms. The predicted octanol–water partition coefficient (Wildman–Crippen LogP) is 1.20. The van der Waals surface area contributed by atoms with E-state index >= 15 is 0 Å². The minimum atomic E-state index is -2.96. The quantitative estimate of drug-likeness (QED) is 0.647. The molecule has 0 aromatic heterocycles. The van der Waals surface area contributed by atoms with Crippen molar-refractivity contribution in [2.75, 3.05) is 18.6 Å². The van der Waals surface area contributed by atoms with Crippen LogP contribution in [-0.4, -0.2) is 38.9 Å². The van der Waals surface area contributed by atoms with Crippen molar-refractivity contribution in [1.82, 2.24) is 0 Å². The molecule has 4 nitrogen and oxygen atoms in total. The molecule has 16 heavy (non-hydrogen) atoms. The number of Topliss-reactive ketones (excluding diaryl/α,β-unsaturated/α-hetero) is 1. The molecule has 0 saturated heterocycles. The number of hydrogen-bond donors (Lipinski definition) is 0. The van der Waals surface area contributed by atoms with E-state index in [1.165, 1.54) is 6.26 Å². The zero-order valence-corrected chi connectivity index (χ0v) is 10.8. The molecule has 94 valence electrons. The van der Waals surface area contributed by atoms with E-state index in [4.69, 9.17) is 4.74 Å². The van der Waals surface area contributed by atoms with E-state index in [0.29, 0.717) is 25.4 Å². The first kappa shape index (κ1) is 13.6. The Morgan fingerprint density at radius 1 is 1.44 bits per heavy atom. The van der Waals surface area contributed by atoms with E-state index in [2.05, 4.69) is 0 Å². The SMILES string of the molecule is CCOC(C(=O)CCCS(C)(=O)=O)C1CC1. The van der Waals surface area contributed by atoms with Crippen LogP contribution in [0.2, 0.25) is 0 Å². The molecule has 0 N–H and O–H groups in total. The van der Waals surface area contributed by atoms with Gasteiger partial charge in [0.25, 0.3) is 0 Å². The number of carbonyl (C=O) groups excluding carboxylic acids is 1. The molecule has 0 aromatic rings. The second kappa shape index (κ2) is 5.77. The summed E-state index contributed by atoms with van der Waals surface area (Å²) in [6.45, 7) is 2.41. The first-order valence-corrected chi connectivity index (χ1v) is 7.82. The van der Waals surface area contributed by atoms with E-state index in [-0.39, 0.29) is 17.6 Å². The van der Waals surface area contributed by atoms with Gasteiger partial charge in [-0.1, -0.05) is 0 Å². The van der Waals surface area contributed by atoms with Crippen LogP contribution in [0.3, 0.4) is 0 Å². The second-order valence-electron chi connectivity index (χ2n) is 4.41. The molecule has 0 aliphatic heterocycles. The van der Waals surface area contributed by atoms with Crippen molar-refractivity contribution in [2.24, 2.45) is 5.92 Å². The minimum Gasteiger partial charge on any atom is -0.370 e. The van der Waals surface area contributed by atoms with E-state index in [1.54, 1.807) is 0 Å². The van der Waals surface area contributed by atoms with Crippen molar-refractivity contribution in [3.8, 4) is 0 Å². The van der Waals surface area contributed by atoms with Gasteiger partial charge in [-0.2, -0.15) is 0 Å². The van der Waals surface area contributed by atoms with Crippen molar-refractivity contribution in [3.05, 3.63) is 0 Å². The Labute approximate surface area is 97.3 Å². The fraction of sp³-hybridized carbons (Fsp3) is 0.909. The maximum atomic E-state index is 11.8. The summed E-state index contributed by atoms with van der Waals surface area (Å²) in [5.74, 6) is 0.529. The van der Waals surface area contributed by atoms with Crippen molar-refractivity contribution < 1.29 is 17.9 Å². The first-order chi connectivity index (χ1) is 7.44. The average molecular weight is 248 g/mol. The van der Waals surface area contributed by atoms with E-state index < -0.39 is 9.84 Å². The summed E-state index contributed by atoms with van der Waals surface area (Å²) < 4.78 is 27.2. The monoisotopic (exact) mass is 248 g/mol. The van der Waals surface area contributed by atoms with Crippen LogP contribution >= 0.6 is 0 Å². The number of hydrogen-bond acceptors (Lipinski definition) is 4. The smallest absolute Gasteiger partial charge is 0.161 e. The summed E-state index contributed by atoms with van der Waals surface area (Å²) in [6.07, 6.45) is 3.75. The highest BCUT2D eigenvalue weighted by Crippen LogP contribution is 2.35. The second-order valence-corrected chi connectivity index (χ2v) is 6.67. The van der Waals surface area contributed by atoms with Crippen LogP contribution in [0.15, 0.2) is 0 Å². The van der Waals surface area contributed by atoms with Gasteiger partial charge < -0.3 is 4.74 Å². The largest absolute Gasteiger partial charge is 0.370 e. The summed E-state index contributed by atoms with van der Waals surface area (Å²) in [5, 5.41) is 0. The lowest BCUT2D eigenvalue weighted by Crippen LogP contribution is -2.27. The van der Waals surface area contributed by atoms with Gasteiger partial charge in [0.1, 0.15) is 15.9 Å². The van der Waals surface area contributed by atoms with Crippen LogP contribution < -0.4 is 0 Å². The van der Waals surface area contributed by atoms with E-state index in [0.717, 1.165) is 12.8 Å². The zero-order chi connectivity index (χ0) is 12.2. The fourth-order valence-corrected chi connectivity index (χ4v) is 2.39. The Bertz CT molecular complexity index is 330. The molecule has 0 spiro atoms. The standard InChI is InChI=1S/C11H20O4S/c1-3-15-11(9-6-7-9)10(12)5-4-8-16(2,13)14/h9,11H,3-8H2,1-2H3. The van der Waals surface area contributed by atoms with Gasteiger partial charge in [0.2, 0.25) is 0 Å². The van der Waals surface area contributed by atoms with Crippen molar-refractivity contribution in [2.45, 2.75) is 38.7 Å². The van der Waals surface area contributed by atoms with Gasteiger partial charge in [-0.25, -0.2) is 8.42 Å². The van der Waals surface area contributed by atoms with Crippen LogP contribution in [0.1, 0.15) is 32.6 Å². The lowest BCUT2D eigenvalue weighted by molar-refractivity contribution is -0.131. The molecular weight excluding hydrogens is 228 g/mol. The number of carbonyl (C=O) groups is 1. The topological polar surface area (TPSA) is 60.4 Å².